The summed E-state index contributed by atoms with van der Waals surface area (Å²) in [5.74, 6) is 0.923. The Morgan fingerprint density at radius 2 is 1.85 bits per heavy atom. The molecule has 1 saturated carbocycles. The van der Waals surface area contributed by atoms with Crippen LogP contribution in [0.15, 0.2) is 30.3 Å². The van der Waals surface area contributed by atoms with Crippen molar-refractivity contribution in [2.24, 2.45) is 5.92 Å². The summed E-state index contributed by atoms with van der Waals surface area (Å²) in [6.07, 6.45) is 5.76. The quantitative estimate of drug-likeness (QED) is 0.904. The van der Waals surface area contributed by atoms with Gasteiger partial charge in [-0.25, -0.2) is 0 Å². The van der Waals surface area contributed by atoms with Crippen LogP contribution in [0.4, 0.5) is 0 Å². The summed E-state index contributed by atoms with van der Waals surface area (Å²) in [7, 11) is 0. The van der Waals surface area contributed by atoms with E-state index in [1.807, 2.05) is 0 Å². The number of benzene rings is 1. The predicted octanol–water partition coefficient (Wildman–Crippen LogP) is 3.60. The molecule has 20 heavy (non-hydrogen) atoms. The zero-order chi connectivity index (χ0) is 13.9. The third-order valence-corrected chi connectivity index (χ3v) is 5.43. The number of rotatable bonds is 3. The molecule has 2 aliphatic rings. The number of hydrogen-bond donors (Lipinski definition) is 1. The van der Waals surface area contributed by atoms with Crippen LogP contribution in [0.3, 0.4) is 0 Å². The largest absolute Gasteiger partial charge is 0.307 e. The van der Waals surface area contributed by atoms with E-state index in [0.29, 0.717) is 12.1 Å². The van der Waals surface area contributed by atoms with Crippen molar-refractivity contribution in [3.63, 3.8) is 0 Å². The molecule has 2 fully saturated rings. The highest BCUT2D eigenvalue weighted by molar-refractivity contribution is 5.20. The molecule has 0 radical (unpaired) electrons. The van der Waals surface area contributed by atoms with Gasteiger partial charge in [-0.3, -0.25) is 4.90 Å². The Morgan fingerprint density at radius 3 is 2.55 bits per heavy atom. The molecule has 1 N–H and O–H groups in total. The smallest absolute Gasteiger partial charge is 0.0450 e. The fourth-order valence-electron chi connectivity index (χ4n) is 4.07. The molecule has 1 heterocycles. The van der Waals surface area contributed by atoms with Crippen molar-refractivity contribution in [3.05, 3.63) is 35.9 Å². The first-order valence-electron chi connectivity index (χ1n) is 8.30. The maximum atomic E-state index is 3.72. The van der Waals surface area contributed by atoms with Crippen LogP contribution in [0.25, 0.3) is 0 Å². The summed E-state index contributed by atoms with van der Waals surface area (Å²) in [6, 6.07) is 12.8. The van der Waals surface area contributed by atoms with E-state index in [9.17, 15) is 0 Å². The predicted molar refractivity (Wildman–Crippen MR) is 84.8 cm³/mol. The van der Waals surface area contributed by atoms with Crippen LogP contribution < -0.4 is 5.32 Å². The molecule has 0 bridgehead atoms. The molecule has 3 atom stereocenters. The average molecular weight is 272 g/mol. The summed E-state index contributed by atoms with van der Waals surface area (Å²) in [5, 5.41) is 3.72. The van der Waals surface area contributed by atoms with Crippen LogP contribution in [-0.4, -0.2) is 30.1 Å². The third-order valence-electron chi connectivity index (χ3n) is 5.43. The molecule has 2 nitrogen and oxygen atoms in total. The molecule has 1 aliphatic heterocycles. The lowest BCUT2D eigenvalue weighted by Crippen LogP contribution is -2.55. The molecule has 0 spiro atoms. The van der Waals surface area contributed by atoms with Crippen molar-refractivity contribution in [2.75, 3.05) is 13.1 Å². The maximum absolute atomic E-state index is 3.72. The van der Waals surface area contributed by atoms with Gasteiger partial charge in [0.05, 0.1) is 0 Å². The Labute approximate surface area is 123 Å². The first kappa shape index (κ1) is 14.1. The summed E-state index contributed by atoms with van der Waals surface area (Å²) in [4.78, 5) is 2.75. The Morgan fingerprint density at radius 1 is 1.15 bits per heavy atom. The van der Waals surface area contributed by atoms with Crippen LogP contribution in [0.5, 0.6) is 0 Å². The minimum atomic E-state index is 0.497. The van der Waals surface area contributed by atoms with Crippen molar-refractivity contribution in [1.82, 2.24) is 10.2 Å². The van der Waals surface area contributed by atoms with E-state index < -0.39 is 0 Å². The lowest BCUT2D eigenvalue weighted by Gasteiger charge is -2.44. The average Bonchev–Trinajstić information content (AvgIpc) is 3.02. The standard InChI is InChI=1S/C18H28N2/c1-14-12-19-18(17-10-4-3-5-11-17)13-20(14)15(2)16-8-6-7-9-16/h3-5,10-11,14-16,18-19H,6-9,12-13H2,1-2H3. The van der Waals surface area contributed by atoms with E-state index in [0.717, 1.165) is 25.0 Å². The Kier molecular flexibility index (Phi) is 4.42. The van der Waals surface area contributed by atoms with Gasteiger partial charge in [0.25, 0.3) is 0 Å². The molecule has 0 amide bonds. The number of nitrogens with zero attached hydrogens (tertiary/aromatic N) is 1. The van der Waals surface area contributed by atoms with Crippen molar-refractivity contribution < 1.29 is 0 Å². The second kappa shape index (κ2) is 6.28. The molecule has 110 valence electrons. The highest BCUT2D eigenvalue weighted by Gasteiger charge is 2.33. The highest BCUT2D eigenvalue weighted by Crippen LogP contribution is 2.32. The van der Waals surface area contributed by atoms with Gasteiger partial charge in [-0.1, -0.05) is 43.2 Å². The zero-order valence-corrected chi connectivity index (χ0v) is 12.9. The summed E-state index contributed by atoms with van der Waals surface area (Å²) in [6.45, 7) is 7.10. The molecule has 1 saturated heterocycles. The summed E-state index contributed by atoms with van der Waals surface area (Å²) < 4.78 is 0. The molecular formula is C18H28N2. The topological polar surface area (TPSA) is 15.3 Å². The highest BCUT2D eigenvalue weighted by atomic mass is 15.3. The monoisotopic (exact) mass is 272 g/mol. The van der Waals surface area contributed by atoms with Gasteiger partial charge >= 0.3 is 0 Å². The van der Waals surface area contributed by atoms with Gasteiger partial charge < -0.3 is 5.32 Å². The minimum absolute atomic E-state index is 0.497. The van der Waals surface area contributed by atoms with Crippen molar-refractivity contribution in [2.45, 2.75) is 57.7 Å². The van der Waals surface area contributed by atoms with Gasteiger partial charge in [0.1, 0.15) is 0 Å². The first-order valence-corrected chi connectivity index (χ1v) is 8.30. The fraction of sp³-hybridized carbons (Fsp3) is 0.667. The van der Waals surface area contributed by atoms with E-state index in [1.165, 1.54) is 31.2 Å². The van der Waals surface area contributed by atoms with Gasteiger partial charge in [0.15, 0.2) is 0 Å². The summed E-state index contributed by atoms with van der Waals surface area (Å²) >= 11 is 0. The first-order chi connectivity index (χ1) is 9.75. The molecule has 0 aromatic heterocycles. The van der Waals surface area contributed by atoms with E-state index in [1.54, 1.807) is 0 Å². The SMILES string of the molecule is CC1CNC(c2ccccc2)CN1C(C)C1CCCC1. The van der Waals surface area contributed by atoms with Crippen molar-refractivity contribution in [1.29, 1.82) is 0 Å². The van der Waals surface area contributed by atoms with Crippen LogP contribution in [0.2, 0.25) is 0 Å². The van der Waals surface area contributed by atoms with Crippen LogP contribution in [-0.2, 0) is 0 Å². The van der Waals surface area contributed by atoms with E-state index >= 15 is 0 Å². The van der Waals surface area contributed by atoms with Gasteiger partial charge in [-0.05, 0) is 38.2 Å². The molecule has 3 unspecified atom stereocenters. The Balaban J connectivity index is 1.70. The Bertz CT molecular complexity index is 411. The minimum Gasteiger partial charge on any atom is -0.307 e. The number of piperazine rings is 1. The van der Waals surface area contributed by atoms with E-state index in [2.05, 4.69) is 54.4 Å². The van der Waals surface area contributed by atoms with Crippen LogP contribution in [0, 0.1) is 5.92 Å². The fourth-order valence-corrected chi connectivity index (χ4v) is 4.07. The lowest BCUT2D eigenvalue weighted by molar-refractivity contribution is 0.0689. The summed E-state index contributed by atoms with van der Waals surface area (Å²) in [5.41, 5.74) is 1.43. The van der Waals surface area contributed by atoms with Gasteiger partial charge in [-0.2, -0.15) is 0 Å². The van der Waals surface area contributed by atoms with Gasteiger partial charge in [0.2, 0.25) is 0 Å². The molecular weight excluding hydrogens is 244 g/mol. The third kappa shape index (κ3) is 2.91. The van der Waals surface area contributed by atoms with Gasteiger partial charge in [0, 0.05) is 31.2 Å². The second-order valence-electron chi connectivity index (χ2n) is 6.70. The molecule has 1 aromatic carbocycles. The van der Waals surface area contributed by atoms with Crippen molar-refractivity contribution >= 4 is 0 Å². The number of hydrogen-bond acceptors (Lipinski definition) is 2. The lowest BCUT2D eigenvalue weighted by atomic mass is 9.94. The zero-order valence-electron chi connectivity index (χ0n) is 12.9. The normalized spacial score (nSPS) is 30.5. The molecule has 1 aliphatic carbocycles. The van der Waals surface area contributed by atoms with Crippen molar-refractivity contribution in [3.8, 4) is 0 Å². The van der Waals surface area contributed by atoms with Gasteiger partial charge in [-0.15, -0.1) is 0 Å². The van der Waals surface area contributed by atoms with E-state index in [4.69, 9.17) is 0 Å². The molecule has 1 aromatic rings. The van der Waals surface area contributed by atoms with Crippen LogP contribution in [0.1, 0.15) is 51.1 Å². The molecule has 3 rings (SSSR count). The Hall–Kier alpha value is -0.860. The number of nitrogens with one attached hydrogen (secondary N) is 1. The maximum Gasteiger partial charge on any atom is 0.0450 e. The second-order valence-corrected chi connectivity index (χ2v) is 6.70. The molecule has 2 heteroatoms. The van der Waals surface area contributed by atoms with E-state index in [-0.39, 0.29) is 0 Å². The van der Waals surface area contributed by atoms with Crippen LogP contribution >= 0.6 is 0 Å².